The van der Waals surface area contributed by atoms with Crippen LogP contribution in [0.25, 0.3) is 0 Å². The zero-order chi connectivity index (χ0) is 20.4. The van der Waals surface area contributed by atoms with Crippen LogP contribution in [0.15, 0.2) is 47.4 Å². The van der Waals surface area contributed by atoms with E-state index >= 15 is 0 Å². The number of hydrogen-bond donors (Lipinski definition) is 2. The van der Waals surface area contributed by atoms with Crippen molar-refractivity contribution in [3.63, 3.8) is 0 Å². The minimum Gasteiger partial charge on any atom is -0.399 e. The number of rotatable bonds is 5. The van der Waals surface area contributed by atoms with Crippen LogP contribution in [0, 0.1) is 12.3 Å². The second-order valence-electron chi connectivity index (χ2n) is 7.76. The predicted octanol–water partition coefficient (Wildman–Crippen LogP) is 3.73. The molecule has 0 saturated carbocycles. The van der Waals surface area contributed by atoms with Crippen LogP contribution in [-0.2, 0) is 20.7 Å². The van der Waals surface area contributed by atoms with Crippen LogP contribution < -0.4 is 11.5 Å². The summed E-state index contributed by atoms with van der Waals surface area (Å²) < 4.78 is 29.3. The lowest BCUT2D eigenvalue weighted by Gasteiger charge is -2.32. The number of nitrogens with two attached hydrogens (primary N) is 2. The normalized spacial score (nSPS) is 13.2. The number of carbonyl (C=O) groups excluding carboxylic acids is 1. The Morgan fingerprint density at radius 3 is 2.22 bits per heavy atom. The minimum atomic E-state index is -4.28. The van der Waals surface area contributed by atoms with Crippen molar-refractivity contribution in [3.05, 3.63) is 59.2 Å². The first-order valence-electron chi connectivity index (χ1n) is 8.59. The minimum absolute atomic E-state index is 0.0161. The maximum absolute atomic E-state index is 12.4. The number of carbonyl (C=O) groups is 1. The highest BCUT2D eigenvalue weighted by Gasteiger charge is 2.30. The van der Waals surface area contributed by atoms with Gasteiger partial charge in [0, 0.05) is 5.69 Å². The van der Waals surface area contributed by atoms with Gasteiger partial charge in [0.15, 0.2) is 0 Å². The second-order valence-corrected chi connectivity index (χ2v) is 9.27. The first-order valence-corrected chi connectivity index (χ1v) is 10.00. The Bertz CT molecular complexity index is 929. The van der Waals surface area contributed by atoms with Crippen molar-refractivity contribution >= 4 is 21.9 Å². The van der Waals surface area contributed by atoms with Gasteiger partial charge < -0.3 is 15.7 Å². The van der Waals surface area contributed by atoms with Gasteiger partial charge in [-0.1, -0.05) is 50.6 Å². The lowest BCUT2D eigenvalue weighted by Crippen LogP contribution is -2.23. The molecule has 0 saturated heterocycles. The Labute approximate surface area is 160 Å². The lowest BCUT2D eigenvalue weighted by atomic mass is 9.73. The summed E-state index contributed by atoms with van der Waals surface area (Å²) in [5.74, 6) is 0.0161. The van der Waals surface area contributed by atoms with Crippen molar-refractivity contribution in [1.82, 2.24) is 0 Å². The number of hydrogen-bond acceptors (Lipinski definition) is 5. The molecule has 4 N–H and O–H groups in total. The number of nitrogen functional groups attached to an aromatic ring is 1. The molecule has 0 fully saturated rings. The van der Waals surface area contributed by atoms with Crippen molar-refractivity contribution in [1.29, 1.82) is 0 Å². The van der Waals surface area contributed by atoms with Crippen molar-refractivity contribution in [2.45, 2.75) is 44.9 Å². The van der Waals surface area contributed by atoms with E-state index in [4.69, 9.17) is 11.5 Å². The number of anilines is 1. The van der Waals surface area contributed by atoms with Gasteiger partial charge in [-0.25, -0.2) is 4.79 Å². The van der Waals surface area contributed by atoms with Crippen LogP contribution in [0.3, 0.4) is 0 Å². The molecule has 0 aliphatic heterocycles. The van der Waals surface area contributed by atoms with E-state index < -0.39 is 16.2 Å². The molecule has 6 nitrogen and oxygen atoms in total. The average Bonchev–Trinajstić information content (AvgIpc) is 2.51. The molecule has 0 spiro atoms. The van der Waals surface area contributed by atoms with Crippen molar-refractivity contribution in [2.24, 2.45) is 11.1 Å². The molecular weight excluding hydrogens is 364 g/mol. The SMILES string of the molecule is Cc1ccc(S(=O)(=O)OC(N)=O)c(CC(c2ccc(N)cc2)C(C)(C)C)c1. The molecule has 0 radical (unpaired) electrons. The standard InChI is InChI=1S/C20H26N2O4S/c1-13-5-10-18(27(24,25)26-19(22)23)15(11-13)12-17(20(2,3)4)14-6-8-16(21)9-7-14/h5-11,17H,12,21H2,1-4H3,(H2,22,23). The van der Waals surface area contributed by atoms with Gasteiger partial charge in [-0.15, -0.1) is 0 Å². The molecule has 1 unspecified atom stereocenters. The fourth-order valence-corrected chi connectivity index (χ4v) is 4.14. The van der Waals surface area contributed by atoms with Gasteiger partial charge >= 0.3 is 16.2 Å². The maximum atomic E-state index is 12.4. The molecule has 0 aromatic heterocycles. The summed E-state index contributed by atoms with van der Waals surface area (Å²) in [4.78, 5) is 11.0. The molecule has 2 aromatic rings. The molecule has 27 heavy (non-hydrogen) atoms. The summed E-state index contributed by atoms with van der Waals surface area (Å²) in [5.41, 5.74) is 13.8. The highest BCUT2D eigenvalue weighted by molar-refractivity contribution is 7.87. The molecule has 1 atom stereocenters. The Morgan fingerprint density at radius 1 is 1.11 bits per heavy atom. The van der Waals surface area contributed by atoms with E-state index in [0.717, 1.165) is 11.1 Å². The number of primary amides is 1. The van der Waals surface area contributed by atoms with Gasteiger partial charge in [-0.05, 0) is 54.0 Å². The molecule has 146 valence electrons. The fraction of sp³-hybridized carbons (Fsp3) is 0.350. The van der Waals surface area contributed by atoms with Crippen LogP contribution in [0.4, 0.5) is 10.5 Å². The van der Waals surface area contributed by atoms with E-state index in [1.165, 1.54) is 6.07 Å². The van der Waals surface area contributed by atoms with E-state index in [0.29, 0.717) is 17.7 Å². The van der Waals surface area contributed by atoms with Crippen LogP contribution in [0.2, 0.25) is 0 Å². The third-order valence-corrected chi connectivity index (χ3v) is 5.81. The first kappa shape index (κ1) is 20.8. The van der Waals surface area contributed by atoms with Crippen molar-refractivity contribution < 1.29 is 17.4 Å². The average molecular weight is 391 g/mol. The van der Waals surface area contributed by atoms with Gasteiger partial charge in [0.2, 0.25) is 0 Å². The van der Waals surface area contributed by atoms with Gasteiger partial charge in [-0.3, -0.25) is 0 Å². The van der Waals surface area contributed by atoms with Gasteiger partial charge in [0.05, 0.1) is 0 Å². The molecule has 2 aromatic carbocycles. The van der Waals surface area contributed by atoms with Gasteiger partial charge in [0.25, 0.3) is 0 Å². The second kappa shape index (κ2) is 7.60. The monoisotopic (exact) mass is 390 g/mol. The van der Waals surface area contributed by atoms with Crippen LogP contribution in [0.1, 0.15) is 43.4 Å². The molecule has 1 amide bonds. The van der Waals surface area contributed by atoms with Crippen molar-refractivity contribution in [2.75, 3.05) is 5.73 Å². The summed E-state index contributed by atoms with van der Waals surface area (Å²) in [7, 11) is -4.28. The third kappa shape index (κ3) is 5.23. The zero-order valence-electron chi connectivity index (χ0n) is 16.0. The van der Waals surface area contributed by atoms with E-state index in [9.17, 15) is 13.2 Å². The maximum Gasteiger partial charge on any atom is 0.420 e. The Morgan fingerprint density at radius 2 is 1.70 bits per heavy atom. The summed E-state index contributed by atoms with van der Waals surface area (Å²) >= 11 is 0. The third-order valence-electron chi connectivity index (χ3n) is 4.49. The van der Waals surface area contributed by atoms with Crippen molar-refractivity contribution in [3.8, 4) is 0 Å². The molecule has 0 heterocycles. The van der Waals surface area contributed by atoms with Crippen LogP contribution in [0.5, 0.6) is 0 Å². The topological polar surface area (TPSA) is 112 Å². The molecule has 2 rings (SSSR count). The molecule has 0 aliphatic rings. The van der Waals surface area contributed by atoms with E-state index in [2.05, 4.69) is 25.0 Å². The number of aryl methyl sites for hydroxylation is 1. The summed E-state index contributed by atoms with van der Waals surface area (Å²) in [6.07, 6.45) is -0.904. The fourth-order valence-electron chi connectivity index (χ4n) is 3.14. The smallest absolute Gasteiger partial charge is 0.399 e. The Hall–Kier alpha value is -2.54. The van der Waals surface area contributed by atoms with E-state index in [1.54, 1.807) is 12.1 Å². The Balaban J connectivity index is 2.54. The van der Waals surface area contributed by atoms with E-state index in [1.807, 2.05) is 31.2 Å². The van der Waals surface area contributed by atoms with Gasteiger partial charge in [-0.2, -0.15) is 8.42 Å². The molecule has 0 aliphatic carbocycles. The largest absolute Gasteiger partial charge is 0.420 e. The van der Waals surface area contributed by atoms with Crippen LogP contribution >= 0.6 is 0 Å². The first-order chi connectivity index (χ1) is 12.4. The Kier molecular flexibility index (Phi) is 5.85. The zero-order valence-corrected chi connectivity index (χ0v) is 16.8. The number of benzene rings is 2. The highest BCUT2D eigenvalue weighted by Crippen LogP contribution is 2.39. The number of amides is 1. The van der Waals surface area contributed by atoms with Gasteiger partial charge in [0.1, 0.15) is 4.90 Å². The predicted molar refractivity (Wildman–Crippen MR) is 106 cm³/mol. The van der Waals surface area contributed by atoms with E-state index in [-0.39, 0.29) is 16.2 Å². The molecule has 0 bridgehead atoms. The summed E-state index contributed by atoms with van der Waals surface area (Å²) in [6, 6.07) is 12.5. The molecule has 7 heteroatoms. The lowest BCUT2D eigenvalue weighted by molar-refractivity contribution is 0.212. The van der Waals surface area contributed by atoms with Crippen LogP contribution in [-0.4, -0.2) is 14.5 Å². The quantitative estimate of drug-likeness (QED) is 0.596. The summed E-state index contributed by atoms with van der Waals surface area (Å²) in [6.45, 7) is 8.16. The summed E-state index contributed by atoms with van der Waals surface area (Å²) in [5, 5.41) is 0. The molecular formula is C20H26N2O4S. The highest BCUT2D eigenvalue weighted by atomic mass is 32.2.